The molecule has 2 aromatic carbocycles. The van der Waals surface area contributed by atoms with Gasteiger partial charge in [0.05, 0.1) is 12.6 Å². The van der Waals surface area contributed by atoms with Gasteiger partial charge in [0.15, 0.2) is 0 Å². The number of aliphatic hydroxyl groups excluding tert-OH is 1. The van der Waals surface area contributed by atoms with Crippen molar-refractivity contribution >= 4 is 16.8 Å². The summed E-state index contributed by atoms with van der Waals surface area (Å²) in [6.07, 6.45) is 3.70. The van der Waals surface area contributed by atoms with Crippen molar-refractivity contribution in [3.63, 3.8) is 0 Å². The van der Waals surface area contributed by atoms with E-state index in [0.29, 0.717) is 25.2 Å². The number of rotatable bonds is 11. The van der Waals surface area contributed by atoms with Gasteiger partial charge in [-0.25, -0.2) is 13.2 Å². The van der Waals surface area contributed by atoms with Crippen LogP contribution in [0.4, 0.5) is 13.2 Å². The SMILES string of the molecule is C[C@@H]1Cc2c([nH]c3ccccc23)[C@@H](c2c(F)cc(OCCNC/C=C/C(=O)N(C)C)cc2F)N1CC(C)(F)CO. The van der Waals surface area contributed by atoms with Crippen LogP contribution in [0.5, 0.6) is 5.75 Å². The number of carbonyl (C=O) groups is 1. The van der Waals surface area contributed by atoms with Gasteiger partial charge in [0.1, 0.15) is 29.7 Å². The topological polar surface area (TPSA) is 80.8 Å². The Morgan fingerprint density at radius 2 is 1.98 bits per heavy atom. The zero-order valence-electron chi connectivity index (χ0n) is 23.3. The highest BCUT2D eigenvalue weighted by atomic mass is 19.1. The van der Waals surface area contributed by atoms with E-state index in [0.717, 1.165) is 28.6 Å². The van der Waals surface area contributed by atoms with Crippen molar-refractivity contribution in [2.45, 2.75) is 38.0 Å². The summed E-state index contributed by atoms with van der Waals surface area (Å²) >= 11 is 0. The molecular weight excluding hydrogens is 521 g/mol. The zero-order chi connectivity index (χ0) is 29.0. The first kappa shape index (κ1) is 29.6. The number of amides is 1. The number of nitrogens with zero attached hydrogens (tertiary/aromatic N) is 2. The van der Waals surface area contributed by atoms with Gasteiger partial charge >= 0.3 is 0 Å². The highest BCUT2D eigenvalue weighted by Gasteiger charge is 2.42. The zero-order valence-corrected chi connectivity index (χ0v) is 23.3. The second-order valence-corrected chi connectivity index (χ2v) is 10.8. The molecule has 1 amide bonds. The predicted molar refractivity (Wildman–Crippen MR) is 149 cm³/mol. The van der Waals surface area contributed by atoms with Gasteiger partial charge in [0.2, 0.25) is 5.91 Å². The number of hydrogen-bond acceptors (Lipinski definition) is 5. The molecule has 1 aromatic heterocycles. The Hall–Kier alpha value is -3.34. The van der Waals surface area contributed by atoms with Crippen molar-refractivity contribution in [3.8, 4) is 5.75 Å². The van der Waals surface area contributed by atoms with Crippen LogP contribution in [-0.4, -0.2) is 84.5 Å². The van der Waals surface area contributed by atoms with E-state index in [-0.39, 0.29) is 36.4 Å². The number of aliphatic hydroxyl groups is 1. The summed E-state index contributed by atoms with van der Waals surface area (Å²) in [6, 6.07) is 8.77. The second kappa shape index (κ2) is 12.4. The van der Waals surface area contributed by atoms with Gasteiger partial charge in [-0.1, -0.05) is 24.3 Å². The first-order chi connectivity index (χ1) is 19.0. The molecule has 40 heavy (non-hydrogen) atoms. The van der Waals surface area contributed by atoms with Crippen LogP contribution < -0.4 is 10.1 Å². The summed E-state index contributed by atoms with van der Waals surface area (Å²) in [4.78, 5) is 18.0. The summed E-state index contributed by atoms with van der Waals surface area (Å²) < 4.78 is 52.1. The molecule has 0 radical (unpaired) electrons. The Bertz CT molecular complexity index is 1350. The number of carbonyl (C=O) groups excluding carboxylic acids is 1. The van der Waals surface area contributed by atoms with Crippen LogP contribution in [0.1, 0.15) is 36.7 Å². The Kier molecular flexibility index (Phi) is 9.22. The lowest BCUT2D eigenvalue weighted by atomic mass is 9.87. The maximum atomic E-state index is 15.7. The molecule has 0 aliphatic carbocycles. The molecule has 1 aliphatic heterocycles. The standard InChI is InChI=1S/C30H37F3N4O3/c1-19-14-22-21-8-5-6-9-25(21)35-28(22)29(37(19)17-30(2,33)18-38)27-23(31)15-20(16-24(27)32)40-13-12-34-11-7-10-26(39)36(3)4/h5-10,15-16,19,29,34-35,38H,11-14,17-18H2,1-4H3/b10-7+/t19-,29-,30?/m1/s1. The number of alkyl halides is 1. The number of likely N-dealkylation sites (N-methyl/N-ethyl adjacent to an activating group) is 1. The fourth-order valence-corrected chi connectivity index (χ4v) is 5.14. The molecule has 216 valence electrons. The number of hydrogen-bond donors (Lipinski definition) is 3. The van der Waals surface area contributed by atoms with Gasteiger partial charge in [-0.3, -0.25) is 9.69 Å². The summed E-state index contributed by atoms with van der Waals surface area (Å²) in [6.45, 7) is 3.26. The van der Waals surface area contributed by atoms with E-state index in [1.54, 1.807) is 25.1 Å². The normalized spacial score (nSPS) is 19.1. The molecule has 2 heterocycles. The highest BCUT2D eigenvalue weighted by Crippen LogP contribution is 2.43. The minimum atomic E-state index is -1.96. The summed E-state index contributed by atoms with van der Waals surface area (Å²) in [5.41, 5.74) is 0.235. The summed E-state index contributed by atoms with van der Waals surface area (Å²) in [7, 11) is 3.33. The third kappa shape index (κ3) is 6.51. The van der Waals surface area contributed by atoms with Crippen molar-refractivity contribution in [2.75, 3.05) is 46.9 Å². The molecule has 10 heteroatoms. The van der Waals surface area contributed by atoms with E-state index < -0.39 is 30.0 Å². The fourth-order valence-electron chi connectivity index (χ4n) is 5.14. The van der Waals surface area contributed by atoms with E-state index in [9.17, 15) is 9.90 Å². The van der Waals surface area contributed by atoms with Crippen molar-refractivity contribution in [2.24, 2.45) is 0 Å². The van der Waals surface area contributed by atoms with Gasteiger partial charge in [-0.05, 0) is 31.9 Å². The van der Waals surface area contributed by atoms with Gasteiger partial charge in [-0.2, -0.15) is 0 Å². The number of aromatic amines is 1. The van der Waals surface area contributed by atoms with Crippen molar-refractivity contribution in [1.29, 1.82) is 0 Å². The van der Waals surface area contributed by atoms with E-state index in [1.165, 1.54) is 17.9 Å². The number of para-hydroxylation sites is 1. The summed E-state index contributed by atoms with van der Waals surface area (Å²) in [5, 5.41) is 13.7. The lowest BCUT2D eigenvalue weighted by molar-refractivity contribution is -0.123. The molecule has 0 fully saturated rings. The van der Waals surface area contributed by atoms with Crippen LogP contribution in [-0.2, 0) is 11.2 Å². The Morgan fingerprint density at radius 3 is 2.65 bits per heavy atom. The number of benzene rings is 2. The Labute approximate surface area is 232 Å². The molecule has 3 N–H and O–H groups in total. The number of ether oxygens (including phenoxy) is 1. The fraction of sp³-hybridized carbons (Fsp3) is 0.433. The third-order valence-corrected chi connectivity index (χ3v) is 7.20. The maximum absolute atomic E-state index is 15.7. The smallest absolute Gasteiger partial charge is 0.245 e. The number of aromatic nitrogens is 1. The highest BCUT2D eigenvalue weighted by molar-refractivity contribution is 5.87. The van der Waals surface area contributed by atoms with Gasteiger partial charge in [0, 0.05) is 80.1 Å². The van der Waals surface area contributed by atoms with Gasteiger partial charge in [0.25, 0.3) is 0 Å². The average molecular weight is 559 g/mol. The number of nitrogens with one attached hydrogen (secondary N) is 2. The predicted octanol–water partition coefficient (Wildman–Crippen LogP) is 4.12. The van der Waals surface area contributed by atoms with Gasteiger partial charge in [-0.15, -0.1) is 0 Å². The lowest BCUT2D eigenvalue weighted by Crippen LogP contribution is -2.50. The molecule has 0 saturated heterocycles. The first-order valence-electron chi connectivity index (χ1n) is 13.4. The molecule has 0 saturated carbocycles. The van der Waals surface area contributed by atoms with Gasteiger partial charge < -0.3 is 25.0 Å². The molecule has 7 nitrogen and oxygen atoms in total. The van der Waals surface area contributed by atoms with Crippen molar-refractivity contribution in [3.05, 3.63) is 77.0 Å². The molecule has 0 spiro atoms. The van der Waals surface area contributed by atoms with E-state index in [2.05, 4.69) is 10.3 Å². The molecule has 3 atom stereocenters. The van der Waals surface area contributed by atoms with Crippen LogP contribution in [0.15, 0.2) is 48.6 Å². The minimum Gasteiger partial charge on any atom is -0.492 e. The van der Waals surface area contributed by atoms with Crippen molar-refractivity contribution in [1.82, 2.24) is 20.1 Å². The summed E-state index contributed by atoms with van der Waals surface area (Å²) in [5.74, 6) is -1.68. The first-order valence-corrected chi connectivity index (χ1v) is 13.4. The average Bonchev–Trinajstić information content (AvgIpc) is 3.27. The molecular formula is C30H37F3N4O3. The van der Waals surface area contributed by atoms with Crippen LogP contribution >= 0.6 is 0 Å². The number of fused-ring (bicyclic) bond motifs is 3. The maximum Gasteiger partial charge on any atom is 0.245 e. The van der Waals surface area contributed by atoms with E-state index >= 15 is 13.2 Å². The molecule has 1 unspecified atom stereocenters. The molecule has 1 aliphatic rings. The number of halogens is 3. The van der Waals surface area contributed by atoms with Crippen molar-refractivity contribution < 1.29 is 27.8 Å². The van der Waals surface area contributed by atoms with Crippen LogP contribution in [0.25, 0.3) is 10.9 Å². The monoisotopic (exact) mass is 558 g/mol. The van der Waals surface area contributed by atoms with Crippen LogP contribution in [0.2, 0.25) is 0 Å². The van der Waals surface area contributed by atoms with E-state index in [1.807, 2.05) is 31.2 Å². The Balaban J connectivity index is 1.57. The largest absolute Gasteiger partial charge is 0.492 e. The third-order valence-electron chi connectivity index (χ3n) is 7.20. The Morgan fingerprint density at radius 1 is 1.27 bits per heavy atom. The quantitative estimate of drug-likeness (QED) is 0.244. The lowest BCUT2D eigenvalue weighted by Gasteiger charge is -2.43. The van der Waals surface area contributed by atoms with E-state index in [4.69, 9.17) is 4.74 Å². The minimum absolute atomic E-state index is 0.0387. The molecule has 0 bridgehead atoms. The van der Waals surface area contributed by atoms with Crippen LogP contribution in [0.3, 0.4) is 0 Å². The molecule has 4 rings (SSSR count). The number of H-pyrrole nitrogens is 1. The molecule has 3 aromatic rings. The van der Waals surface area contributed by atoms with Crippen LogP contribution in [0, 0.1) is 11.6 Å². The second-order valence-electron chi connectivity index (χ2n) is 10.8.